The number of aromatic nitrogens is 1. The van der Waals surface area contributed by atoms with Gasteiger partial charge in [-0.25, -0.2) is 4.39 Å². The number of nitrogens with zero attached hydrogens (tertiary/aromatic N) is 1. The molecule has 0 radical (unpaired) electrons. The van der Waals surface area contributed by atoms with Crippen molar-refractivity contribution in [3.63, 3.8) is 0 Å². The fourth-order valence-electron chi connectivity index (χ4n) is 3.06. The van der Waals surface area contributed by atoms with Crippen LogP contribution in [0.25, 0.3) is 10.9 Å². The summed E-state index contributed by atoms with van der Waals surface area (Å²) in [6.45, 7) is 0.549. The van der Waals surface area contributed by atoms with Crippen molar-refractivity contribution in [3.8, 4) is 0 Å². The molecule has 0 aliphatic heterocycles. The van der Waals surface area contributed by atoms with E-state index in [2.05, 4.69) is 10.3 Å². The summed E-state index contributed by atoms with van der Waals surface area (Å²) < 4.78 is 14.2. The number of pyridine rings is 1. The molecule has 4 N–H and O–H groups in total. The summed E-state index contributed by atoms with van der Waals surface area (Å²) in [5, 5.41) is 13.9. The van der Waals surface area contributed by atoms with E-state index in [1.54, 1.807) is 12.3 Å². The highest BCUT2D eigenvalue weighted by atomic mass is 19.1. The quantitative estimate of drug-likeness (QED) is 0.760. The maximum Gasteiger partial charge on any atom is 0.150 e. The fraction of sp³-hybridized carbons (Fsp3) is 0.438. The predicted octanol–water partition coefficient (Wildman–Crippen LogP) is 2.92. The van der Waals surface area contributed by atoms with Crippen LogP contribution in [-0.4, -0.2) is 22.7 Å². The van der Waals surface area contributed by atoms with Gasteiger partial charge in [0.2, 0.25) is 0 Å². The number of halogens is 1. The van der Waals surface area contributed by atoms with Crippen LogP contribution in [0.15, 0.2) is 24.4 Å². The van der Waals surface area contributed by atoms with E-state index in [0.29, 0.717) is 23.4 Å². The number of benzene rings is 1. The van der Waals surface area contributed by atoms with Crippen LogP contribution in [0.5, 0.6) is 0 Å². The van der Waals surface area contributed by atoms with Crippen LogP contribution >= 0.6 is 0 Å². The summed E-state index contributed by atoms with van der Waals surface area (Å²) in [4.78, 5) is 4.24. The second kappa shape index (κ2) is 5.85. The molecule has 5 heteroatoms. The smallest absolute Gasteiger partial charge is 0.150 e. The molecule has 2 unspecified atom stereocenters. The number of anilines is 2. The van der Waals surface area contributed by atoms with Crippen molar-refractivity contribution in [1.29, 1.82) is 0 Å². The number of aliphatic hydroxyl groups excluding tert-OH is 1. The third-order valence-corrected chi connectivity index (χ3v) is 4.29. The monoisotopic (exact) mass is 289 g/mol. The van der Waals surface area contributed by atoms with Gasteiger partial charge in [0.05, 0.1) is 17.3 Å². The van der Waals surface area contributed by atoms with Gasteiger partial charge in [0.15, 0.2) is 5.82 Å². The standard InChI is InChI=1S/C16H20FN3O/c17-12-8-13(18)11-5-3-7-19-15(11)16(12)20-9-10-4-1-2-6-14(10)21/h3,5,7-8,10,14,20-21H,1-2,4,6,9,18H2. The lowest BCUT2D eigenvalue weighted by atomic mass is 9.86. The van der Waals surface area contributed by atoms with Gasteiger partial charge in [0.1, 0.15) is 0 Å². The summed E-state index contributed by atoms with van der Waals surface area (Å²) in [7, 11) is 0. The first-order valence-corrected chi connectivity index (χ1v) is 7.41. The largest absolute Gasteiger partial charge is 0.398 e. The van der Waals surface area contributed by atoms with E-state index in [-0.39, 0.29) is 12.0 Å². The third-order valence-electron chi connectivity index (χ3n) is 4.29. The molecule has 0 amide bonds. The second-order valence-electron chi connectivity index (χ2n) is 5.71. The van der Waals surface area contributed by atoms with Gasteiger partial charge in [-0.15, -0.1) is 0 Å². The minimum atomic E-state index is -0.399. The molecular weight excluding hydrogens is 269 g/mol. The highest BCUT2D eigenvalue weighted by molar-refractivity contribution is 5.98. The molecule has 2 atom stereocenters. The Morgan fingerprint density at radius 2 is 2.19 bits per heavy atom. The Kier molecular flexibility index (Phi) is 3.92. The van der Waals surface area contributed by atoms with E-state index < -0.39 is 5.82 Å². The number of hydrogen-bond acceptors (Lipinski definition) is 4. The highest BCUT2D eigenvalue weighted by Crippen LogP contribution is 2.31. The Morgan fingerprint density at radius 1 is 1.38 bits per heavy atom. The zero-order chi connectivity index (χ0) is 14.8. The van der Waals surface area contributed by atoms with Crippen molar-refractivity contribution < 1.29 is 9.50 Å². The van der Waals surface area contributed by atoms with Crippen LogP contribution in [-0.2, 0) is 0 Å². The molecule has 0 spiro atoms. The number of nitrogens with two attached hydrogens (primary N) is 1. The zero-order valence-corrected chi connectivity index (χ0v) is 11.8. The topological polar surface area (TPSA) is 71.2 Å². The molecular formula is C16H20FN3O. The lowest BCUT2D eigenvalue weighted by Crippen LogP contribution is -2.30. The summed E-state index contributed by atoms with van der Waals surface area (Å²) >= 11 is 0. The number of aliphatic hydroxyl groups is 1. The molecule has 0 saturated heterocycles. The van der Waals surface area contributed by atoms with E-state index >= 15 is 0 Å². The van der Waals surface area contributed by atoms with Gasteiger partial charge in [-0.05, 0) is 31.0 Å². The average Bonchev–Trinajstić information content (AvgIpc) is 2.49. The number of nitrogens with one attached hydrogen (secondary N) is 1. The van der Waals surface area contributed by atoms with Crippen molar-refractivity contribution in [2.45, 2.75) is 31.8 Å². The van der Waals surface area contributed by atoms with E-state index in [1.165, 1.54) is 6.07 Å². The predicted molar refractivity (Wildman–Crippen MR) is 82.6 cm³/mol. The first kappa shape index (κ1) is 14.1. The minimum Gasteiger partial charge on any atom is -0.398 e. The van der Waals surface area contributed by atoms with E-state index in [9.17, 15) is 9.50 Å². The summed E-state index contributed by atoms with van der Waals surface area (Å²) in [6.07, 6.45) is 5.31. The number of hydrogen-bond donors (Lipinski definition) is 3. The fourth-order valence-corrected chi connectivity index (χ4v) is 3.06. The molecule has 1 aromatic heterocycles. The summed E-state index contributed by atoms with van der Waals surface area (Å²) in [6, 6.07) is 4.94. The van der Waals surface area contributed by atoms with Gasteiger partial charge < -0.3 is 16.2 Å². The zero-order valence-electron chi connectivity index (χ0n) is 11.8. The molecule has 21 heavy (non-hydrogen) atoms. The summed E-state index contributed by atoms with van der Waals surface area (Å²) in [5.74, 6) is -0.238. The maximum atomic E-state index is 14.2. The molecule has 4 nitrogen and oxygen atoms in total. The first-order valence-electron chi connectivity index (χ1n) is 7.41. The van der Waals surface area contributed by atoms with E-state index in [4.69, 9.17) is 5.73 Å². The van der Waals surface area contributed by atoms with Crippen molar-refractivity contribution in [2.75, 3.05) is 17.6 Å². The normalized spacial score (nSPS) is 22.4. The van der Waals surface area contributed by atoms with Crippen molar-refractivity contribution in [2.24, 2.45) is 5.92 Å². The van der Waals surface area contributed by atoms with Crippen molar-refractivity contribution in [3.05, 3.63) is 30.2 Å². The summed E-state index contributed by atoms with van der Waals surface area (Å²) in [5.41, 5.74) is 7.14. The Labute approximate surface area is 123 Å². The first-order chi connectivity index (χ1) is 10.2. The Balaban J connectivity index is 1.86. The molecule has 0 bridgehead atoms. The molecule has 1 fully saturated rings. The average molecular weight is 289 g/mol. The third kappa shape index (κ3) is 2.78. The number of rotatable bonds is 3. The lowest BCUT2D eigenvalue weighted by Gasteiger charge is -2.28. The van der Waals surface area contributed by atoms with Crippen LogP contribution in [0, 0.1) is 11.7 Å². The maximum absolute atomic E-state index is 14.2. The van der Waals surface area contributed by atoms with Crippen LogP contribution in [0.1, 0.15) is 25.7 Å². The van der Waals surface area contributed by atoms with Gasteiger partial charge in [-0.2, -0.15) is 0 Å². The van der Waals surface area contributed by atoms with Crippen LogP contribution in [0.3, 0.4) is 0 Å². The van der Waals surface area contributed by atoms with E-state index in [0.717, 1.165) is 31.1 Å². The molecule has 112 valence electrons. The molecule has 2 aromatic rings. The Hall–Kier alpha value is -1.88. The van der Waals surface area contributed by atoms with E-state index in [1.807, 2.05) is 6.07 Å². The second-order valence-corrected chi connectivity index (χ2v) is 5.71. The van der Waals surface area contributed by atoms with Gasteiger partial charge in [-0.3, -0.25) is 4.98 Å². The van der Waals surface area contributed by atoms with Crippen LogP contribution < -0.4 is 11.1 Å². The lowest BCUT2D eigenvalue weighted by molar-refractivity contribution is 0.0763. The van der Waals surface area contributed by atoms with Crippen LogP contribution in [0.2, 0.25) is 0 Å². The number of fused-ring (bicyclic) bond motifs is 1. The van der Waals surface area contributed by atoms with Gasteiger partial charge in [-0.1, -0.05) is 12.8 Å². The molecule has 3 rings (SSSR count). The van der Waals surface area contributed by atoms with Crippen LogP contribution in [0.4, 0.5) is 15.8 Å². The van der Waals surface area contributed by atoms with Crippen molar-refractivity contribution >= 4 is 22.3 Å². The Bertz CT molecular complexity index is 647. The molecule has 1 aromatic carbocycles. The molecule has 1 saturated carbocycles. The molecule has 1 aliphatic carbocycles. The van der Waals surface area contributed by atoms with Gasteiger partial charge in [0.25, 0.3) is 0 Å². The number of nitrogen functional groups attached to an aromatic ring is 1. The van der Waals surface area contributed by atoms with Gasteiger partial charge >= 0.3 is 0 Å². The SMILES string of the molecule is Nc1cc(F)c(NCC2CCCCC2O)c2ncccc12. The highest BCUT2D eigenvalue weighted by Gasteiger charge is 2.23. The molecule has 1 aliphatic rings. The molecule has 1 heterocycles. The Morgan fingerprint density at radius 3 is 3.00 bits per heavy atom. The van der Waals surface area contributed by atoms with Crippen molar-refractivity contribution in [1.82, 2.24) is 4.98 Å². The van der Waals surface area contributed by atoms with Gasteiger partial charge in [0, 0.05) is 29.7 Å². The minimum absolute atomic E-state index is 0.162.